The first-order valence-electron chi connectivity index (χ1n) is 3.66. The quantitative estimate of drug-likeness (QED) is 0.449. The molecule has 2 aliphatic carbocycles. The largest absolute Gasteiger partial charge is 0.0591 e. The van der Waals surface area contributed by atoms with E-state index in [4.69, 9.17) is 0 Å². The van der Waals surface area contributed by atoms with Crippen molar-refractivity contribution in [2.45, 2.75) is 39.5 Å². The molecule has 0 radical (unpaired) electrons. The molecule has 0 bridgehead atoms. The van der Waals surface area contributed by atoms with E-state index in [2.05, 4.69) is 13.8 Å². The average molecular weight is 110 g/mol. The van der Waals surface area contributed by atoms with Gasteiger partial charge in [0.05, 0.1) is 0 Å². The molecule has 0 N–H and O–H groups in total. The van der Waals surface area contributed by atoms with Crippen LogP contribution in [0, 0.1) is 10.8 Å². The lowest BCUT2D eigenvalue weighted by Crippen LogP contribution is -2.55. The van der Waals surface area contributed by atoms with Gasteiger partial charge in [-0.2, -0.15) is 0 Å². The summed E-state index contributed by atoms with van der Waals surface area (Å²) in [4.78, 5) is 0. The number of fused-ring (bicyclic) bond motifs is 1. The van der Waals surface area contributed by atoms with Gasteiger partial charge in [-0.25, -0.2) is 0 Å². The van der Waals surface area contributed by atoms with E-state index < -0.39 is 0 Å². The summed E-state index contributed by atoms with van der Waals surface area (Å²) in [5.41, 5.74) is 1.60. The maximum Gasteiger partial charge on any atom is -0.0272 e. The van der Waals surface area contributed by atoms with Gasteiger partial charge in [0.15, 0.2) is 0 Å². The molecular weight excluding hydrogens is 96.1 g/mol. The van der Waals surface area contributed by atoms with Crippen molar-refractivity contribution in [2.24, 2.45) is 10.8 Å². The second-order valence-corrected chi connectivity index (χ2v) is 4.12. The van der Waals surface area contributed by atoms with Crippen LogP contribution in [0.1, 0.15) is 39.5 Å². The summed E-state index contributed by atoms with van der Waals surface area (Å²) in [6.07, 6.45) is 6.01. The molecular formula is C8H14. The summed E-state index contributed by atoms with van der Waals surface area (Å²) in [5.74, 6) is 0. The molecule has 0 amide bonds. The molecule has 0 spiro atoms. The molecule has 0 heterocycles. The lowest BCUT2D eigenvalue weighted by Gasteiger charge is -2.65. The Morgan fingerprint density at radius 3 is 1.00 bits per heavy atom. The van der Waals surface area contributed by atoms with Gasteiger partial charge in [0.2, 0.25) is 0 Å². The Kier molecular flexibility index (Phi) is 0.595. The van der Waals surface area contributed by atoms with Crippen LogP contribution in [0.25, 0.3) is 0 Å². The van der Waals surface area contributed by atoms with Crippen molar-refractivity contribution in [3.63, 3.8) is 0 Å². The molecule has 0 aromatic carbocycles. The fourth-order valence-electron chi connectivity index (χ4n) is 2.21. The molecule has 0 atom stereocenters. The molecule has 2 aliphatic rings. The van der Waals surface area contributed by atoms with Gasteiger partial charge >= 0.3 is 0 Å². The number of hydrogen-bond donors (Lipinski definition) is 0. The van der Waals surface area contributed by atoms with E-state index in [1.165, 1.54) is 25.7 Å². The summed E-state index contributed by atoms with van der Waals surface area (Å²) in [6, 6.07) is 0. The molecule has 46 valence electrons. The van der Waals surface area contributed by atoms with Crippen molar-refractivity contribution in [2.75, 3.05) is 0 Å². The molecule has 0 aromatic heterocycles. The zero-order chi connectivity index (χ0) is 5.83. The second-order valence-electron chi connectivity index (χ2n) is 4.12. The van der Waals surface area contributed by atoms with Crippen LogP contribution in [-0.2, 0) is 0 Å². The van der Waals surface area contributed by atoms with Gasteiger partial charge in [-0.15, -0.1) is 0 Å². The molecule has 0 aliphatic heterocycles. The van der Waals surface area contributed by atoms with E-state index in [9.17, 15) is 0 Å². The van der Waals surface area contributed by atoms with Gasteiger partial charge in [-0.3, -0.25) is 0 Å². The van der Waals surface area contributed by atoms with Crippen molar-refractivity contribution in [1.82, 2.24) is 0 Å². The zero-order valence-electron chi connectivity index (χ0n) is 5.83. The van der Waals surface area contributed by atoms with E-state index in [0.29, 0.717) is 0 Å². The van der Waals surface area contributed by atoms with Crippen LogP contribution in [0.15, 0.2) is 0 Å². The van der Waals surface area contributed by atoms with Gasteiger partial charge < -0.3 is 0 Å². The first-order chi connectivity index (χ1) is 3.66. The third-order valence-electron chi connectivity index (χ3n) is 3.91. The van der Waals surface area contributed by atoms with Crippen LogP contribution in [-0.4, -0.2) is 0 Å². The molecule has 0 saturated heterocycles. The molecule has 2 fully saturated rings. The summed E-state index contributed by atoms with van der Waals surface area (Å²) in [5, 5.41) is 0. The van der Waals surface area contributed by atoms with Crippen molar-refractivity contribution in [1.29, 1.82) is 0 Å². The minimum absolute atomic E-state index is 0.799. The second kappa shape index (κ2) is 0.984. The van der Waals surface area contributed by atoms with Crippen LogP contribution in [0.4, 0.5) is 0 Å². The predicted molar refractivity (Wildman–Crippen MR) is 34.7 cm³/mol. The molecule has 0 nitrogen and oxygen atoms in total. The van der Waals surface area contributed by atoms with Gasteiger partial charge in [0.25, 0.3) is 0 Å². The SMILES string of the molecule is CC12CCC1(C)CC2. The Balaban J connectivity index is 2.22. The number of hydrogen-bond acceptors (Lipinski definition) is 0. The lowest BCUT2D eigenvalue weighted by molar-refractivity contribution is -0.150. The van der Waals surface area contributed by atoms with Crippen molar-refractivity contribution >= 4 is 0 Å². The highest BCUT2D eigenvalue weighted by Crippen LogP contribution is 2.69. The van der Waals surface area contributed by atoms with Crippen LogP contribution >= 0.6 is 0 Å². The molecule has 2 saturated carbocycles. The van der Waals surface area contributed by atoms with E-state index in [0.717, 1.165) is 10.8 Å². The summed E-state index contributed by atoms with van der Waals surface area (Å²) in [7, 11) is 0. The maximum absolute atomic E-state index is 2.44. The zero-order valence-corrected chi connectivity index (χ0v) is 5.83. The van der Waals surface area contributed by atoms with Crippen LogP contribution in [0.5, 0.6) is 0 Å². The minimum atomic E-state index is 0.799. The maximum atomic E-state index is 2.44. The Morgan fingerprint density at radius 1 is 0.750 bits per heavy atom. The molecule has 8 heavy (non-hydrogen) atoms. The Hall–Kier alpha value is 0. The van der Waals surface area contributed by atoms with Crippen LogP contribution in [0.3, 0.4) is 0 Å². The van der Waals surface area contributed by atoms with E-state index in [1.807, 2.05) is 0 Å². The Morgan fingerprint density at radius 2 is 1.00 bits per heavy atom. The smallest absolute Gasteiger partial charge is 0.0272 e. The standard InChI is InChI=1S/C8H14/c1-7-3-5-8(7,2)6-4-7/h3-6H2,1-2H3. The van der Waals surface area contributed by atoms with Gasteiger partial charge in [0, 0.05) is 0 Å². The first kappa shape index (κ1) is 4.84. The van der Waals surface area contributed by atoms with Crippen LogP contribution in [0.2, 0.25) is 0 Å². The van der Waals surface area contributed by atoms with Crippen molar-refractivity contribution in [3.8, 4) is 0 Å². The molecule has 0 heteroatoms. The Bertz CT molecular complexity index is 100. The fraction of sp³-hybridized carbons (Fsp3) is 1.00. The third-order valence-corrected chi connectivity index (χ3v) is 3.91. The normalized spacial score (nSPS) is 60.8. The molecule has 0 aromatic rings. The lowest BCUT2D eigenvalue weighted by atomic mass is 9.39. The number of rotatable bonds is 0. The summed E-state index contributed by atoms with van der Waals surface area (Å²) >= 11 is 0. The highest BCUT2D eigenvalue weighted by atomic mass is 14.6. The van der Waals surface area contributed by atoms with Crippen LogP contribution < -0.4 is 0 Å². The first-order valence-corrected chi connectivity index (χ1v) is 3.66. The predicted octanol–water partition coefficient (Wildman–Crippen LogP) is 2.59. The fourth-order valence-corrected chi connectivity index (χ4v) is 2.21. The third kappa shape index (κ3) is 0.284. The molecule has 2 rings (SSSR count). The topological polar surface area (TPSA) is 0 Å². The summed E-state index contributed by atoms with van der Waals surface area (Å²) in [6.45, 7) is 4.89. The van der Waals surface area contributed by atoms with E-state index in [1.54, 1.807) is 0 Å². The van der Waals surface area contributed by atoms with E-state index in [-0.39, 0.29) is 0 Å². The van der Waals surface area contributed by atoms with Gasteiger partial charge in [-0.05, 0) is 36.5 Å². The highest BCUT2D eigenvalue weighted by molar-refractivity contribution is 5.09. The minimum Gasteiger partial charge on any atom is -0.0591 e. The molecule has 0 unspecified atom stereocenters. The van der Waals surface area contributed by atoms with E-state index >= 15 is 0 Å². The highest BCUT2D eigenvalue weighted by Gasteiger charge is 2.58. The van der Waals surface area contributed by atoms with Crippen molar-refractivity contribution < 1.29 is 0 Å². The van der Waals surface area contributed by atoms with Gasteiger partial charge in [-0.1, -0.05) is 13.8 Å². The average Bonchev–Trinajstić information content (AvgIpc) is 1.81. The van der Waals surface area contributed by atoms with Gasteiger partial charge in [0.1, 0.15) is 0 Å². The monoisotopic (exact) mass is 110 g/mol. The Labute approximate surface area is 51.3 Å². The van der Waals surface area contributed by atoms with Crippen molar-refractivity contribution in [3.05, 3.63) is 0 Å². The summed E-state index contributed by atoms with van der Waals surface area (Å²) < 4.78 is 0.